The predicted molar refractivity (Wildman–Crippen MR) is 146 cm³/mol. The van der Waals surface area contributed by atoms with Crippen LogP contribution in [0.5, 0.6) is 11.5 Å². The number of benzene rings is 2. The molecule has 0 aliphatic rings. The number of allylic oxidation sites excluding steroid dienone is 1. The van der Waals surface area contributed by atoms with Gasteiger partial charge in [-0.05, 0) is 44.0 Å². The van der Waals surface area contributed by atoms with E-state index < -0.39 is 15.9 Å². The Hall–Kier alpha value is -3.30. The number of nitrogens with one attached hydrogen (secondary N) is 1. The topological polar surface area (TPSA) is 111 Å². The highest BCUT2D eigenvalue weighted by Gasteiger charge is 2.26. The molecule has 2 aromatic carbocycles. The van der Waals surface area contributed by atoms with Gasteiger partial charge >= 0.3 is 0 Å². The number of hydrogen-bond acceptors (Lipinski definition) is 6. The van der Waals surface area contributed by atoms with E-state index in [1.807, 2.05) is 13.0 Å². The smallest absolute Gasteiger partial charge is 0.251 e. The Labute approximate surface area is 215 Å². The third-order valence-corrected chi connectivity index (χ3v) is 5.93. The fourth-order valence-corrected chi connectivity index (χ4v) is 3.90. The zero-order chi connectivity index (χ0) is 27.0. The van der Waals surface area contributed by atoms with Crippen LogP contribution in [0.25, 0.3) is 0 Å². The lowest BCUT2D eigenvalue weighted by atomic mass is 10.1. The normalized spacial score (nSPS) is 10.8. The molecule has 0 aliphatic heterocycles. The van der Waals surface area contributed by atoms with Crippen molar-refractivity contribution in [3.8, 4) is 11.5 Å². The maximum atomic E-state index is 12.5. The molecule has 0 bridgehead atoms. The predicted octanol–water partition coefficient (Wildman–Crippen LogP) is 5.57. The number of carbonyl (C=O) groups excluding carboxylic acids is 1. The number of para-hydroxylation sites is 1. The first-order valence-corrected chi connectivity index (χ1v) is 13.6. The zero-order valence-corrected chi connectivity index (χ0v) is 22.5. The Morgan fingerprint density at radius 2 is 1.72 bits per heavy atom. The van der Waals surface area contributed by atoms with Crippen LogP contribution in [0.1, 0.15) is 56.8 Å². The van der Waals surface area contributed by atoms with Gasteiger partial charge in [-0.1, -0.05) is 57.5 Å². The fourth-order valence-electron chi connectivity index (χ4n) is 3.20. The van der Waals surface area contributed by atoms with Crippen molar-refractivity contribution >= 4 is 21.6 Å². The van der Waals surface area contributed by atoms with Crippen molar-refractivity contribution < 1.29 is 22.7 Å². The summed E-state index contributed by atoms with van der Waals surface area (Å²) in [6, 6.07) is 11.9. The van der Waals surface area contributed by atoms with Gasteiger partial charge in [0.05, 0.1) is 18.2 Å². The van der Waals surface area contributed by atoms with Crippen molar-refractivity contribution in [1.82, 2.24) is 5.32 Å². The van der Waals surface area contributed by atoms with Crippen molar-refractivity contribution in [3.63, 3.8) is 0 Å². The van der Waals surface area contributed by atoms with E-state index in [0.717, 1.165) is 25.7 Å². The van der Waals surface area contributed by atoms with Gasteiger partial charge in [-0.2, -0.15) is 0 Å². The Bertz CT molecular complexity index is 1080. The Kier molecular flexibility index (Phi) is 14.0. The summed E-state index contributed by atoms with van der Waals surface area (Å²) in [7, 11) is -2.65. The molecule has 1 amide bonds. The average molecular weight is 518 g/mol. The summed E-state index contributed by atoms with van der Waals surface area (Å²) in [6.07, 6.45) is 8.53. The van der Waals surface area contributed by atoms with Gasteiger partial charge in [0.15, 0.2) is 5.75 Å². The monoisotopic (exact) mass is 517 g/mol. The molecule has 198 valence electrons. The number of nitrogens with two attached hydrogens (primary N) is 1. The second kappa shape index (κ2) is 16.4. The summed E-state index contributed by atoms with van der Waals surface area (Å²) in [5.74, 6) is 0.240. The van der Waals surface area contributed by atoms with Crippen LogP contribution in [0, 0.1) is 0 Å². The molecule has 0 radical (unpaired) electrons. The van der Waals surface area contributed by atoms with E-state index >= 15 is 0 Å². The molecule has 0 heterocycles. The quantitative estimate of drug-likeness (QED) is 0.336. The standard InChI is InChI=1S/C22H31N3O4S.C5H8O/c1-4-6-13-25(14-7-5-2)19-15-17(22(26)24-3)16-20(30(23,27)28)21(19)29-18-11-9-8-10-12-18;1-3-5-6-4-2/h8-12,15-16H,4-7,13-14H2,1-3H3,(H,24,26)(H2,23,27,28);3-5H,2H2,1H3/b;5-3-. The zero-order valence-electron chi connectivity index (χ0n) is 21.7. The summed E-state index contributed by atoms with van der Waals surface area (Å²) in [6.45, 7) is 10.8. The lowest BCUT2D eigenvalue weighted by Gasteiger charge is -2.28. The molecule has 0 fully saturated rings. The molecule has 36 heavy (non-hydrogen) atoms. The SMILES string of the molecule is C=CO/C=C\C.CCCCN(CCCC)c1cc(C(=O)NC)cc(S(N)(=O)=O)c1Oc1ccccc1. The molecule has 3 N–H and O–H groups in total. The molecule has 0 aliphatic carbocycles. The summed E-state index contributed by atoms with van der Waals surface area (Å²) < 4.78 is 35.5. The first-order chi connectivity index (χ1) is 17.2. The van der Waals surface area contributed by atoms with E-state index in [4.69, 9.17) is 9.88 Å². The van der Waals surface area contributed by atoms with Crippen LogP contribution in [0.2, 0.25) is 0 Å². The van der Waals surface area contributed by atoms with E-state index in [1.54, 1.807) is 42.7 Å². The molecular weight excluding hydrogens is 478 g/mol. The van der Waals surface area contributed by atoms with Gasteiger partial charge in [-0.15, -0.1) is 0 Å². The minimum Gasteiger partial charge on any atom is -0.474 e. The average Bonchev–Trinajstić information content (AvgIpc) is 2.87. The van der Waals surface area contributed by atoms with Gasteiger partial charge in [0.1, 0.15) is 10.6 Å². The van der Waals surface area contributed by atoms with Crippen molar-refractivity contribution in [3.05, 3.63) is 73.2 Å². The molecule has 0 atom stereocenters. The molecule has 0 spiro atoms. The van der Waals surface area contributed by atoms with E-state index in [2.05, 4.69) is 35.4 Å². The number of ether oxygens (including phenoxy) is 2. The van der Waals surface area contributed by atoms with E-state index in [0.29, 0.717) is 24.5 Å². The number of hydrogen-bond donors (Lipinski definition) is 2. The van der Waals surface area contributed by atoms with Gasteiger partial charge in [0, 0.05) is 25.7 Å². The van der Waals surface area contributed by atoms with E-state index in [1.165, 1.54) is 19.4 Å². The Balaban J connectivity index is 0.000000960. The molecule has 0 unspecified atom stereocenters. The van der Waals surface area contributed by atoms with Crippen molar-refractivity contribution in [2.75, 3.05) is 25.0 Å². The molecule has 0 saturated heterocycles. The number of rotatable bonds is 13. The summed E-state index contributed by atoms with van der Waals surface area (Å²) in [4.78, 5) is 14.2. The first-order valence-electron chi connectivity index (χ1n) is 12.0. The van der Waals surface area contributed by atoms with Crippen molar-refractivity contribution in [2.45, 2.75) is 51.3 Å². The molecule has 9 heteroatoms. The summed E-state index contributed by atoms with van der Waals surface area (Å²) in [5, 5.41) is 8.08. The molecule has 0 aromatic heterocycles. The number of anilines is 1. The molecular formula is C27H39N3O5S. The van der Waals surface area contributed by atoms with Gasteiger partial charge in [-0.3, -0.25) is 4.79 Å². The fraction of sp³-hybridized carbons (Fsp3) is 0.370. The highest BCUT2D eigenvalue weighted by molar-refractivity contribution is 7.89. The number of amides is 1. The summed E-state index contributed by atoms with van der Waals surface area (Å²) in [5.41, 5.74) is 0.765. The van der Waals surface area contributed by atoms with E-state index in [9.17, 15) is 13.2 Å². The minimum atomic E-state index is -4.15. The largest absolute Gasteiger partial charge is 0.474 e. The van der Waals surface area contributed by atoms with Gasteiger partial charge in [0.25, 0.3) is 5.91 Å². The first kappa shape index (κ1) is 30.7. The Morgan fingerprint density at radius 1 is 1.11 bits per heavy atom. The highest BCUT2D eigenvalue weighted by Crippen LogP contribution is 2.39. The van der Waals surface area contributed by atoms with Crippen molar-refractivity contribution in [2.24, 2.45) is 5.14 Å². The van der Waals surface area contributed by atoms with Crippen LogP contribution in [-0.2, 0) is 14.8 Å². The minimum absolute atomic E-state index is 0.142. The number of unbranched alkanes of at least 4 members (excludes halogenated alkanes) is 2. The van der Waals surface area contributed by atoms with Crippen LogP contribution in [0.15, 0.2) is 72.5 Å². The molecule has 2 aromatic rings. The van der Waals surface area contributed by atoms with Crippen LogP contribution in [-0.4, -0.2) is 34.5 Å². The number of nitrogens with zero attached hydrogens (tertiary/aromatic N) is 1. The molecule has 8 nitrogen and oxygen atoms in total. The molecule has 2 rings (SSSR count). The van der Waals surface area contributed by atoms with Crippen LogP contribution in [0.4, 0.5) is 5.69 Å². The maximum Gasteiger partial charge on any atom is 0.251 e. The molecule has 0 saturated carbocycles. The van der Waals surface area contributed by atoms with Crippen LogP contribution < -0.4 is 20.1 Å². The second-order valence-corrected chi connectivity index (χ2v) is 9.36. The Morgan fingerprint density at radius 3 is 2.17 bits per heavy atom. The third-order valence-electron chi connectivity index (χ3n) is 5.01. The summed E-state index contributed by atoms with van der Waals surface area (Å²) >= 11 is 0. The number of carbonyl (C=O) groups is 1. The van der Waals surface area contributed by atoms with Gasteiger partial charge < -0.3 is 19.7 Å². The number of sulfonamides is 1. The lowest BCUT2D eigenvalue weighted by Crippen LogP contribution is -2.28. The number of primary sulfonamides is 1. The van der Waals surface area contributed by atoms with Crippen LogP contribution >= 0.6 is 0 Å². The second-order valence-electron chi connectivity index (χ2n) is 7.83. The lowest BCUT2D eigenvalue weighted by molar-refractivity contribution is 0.0963. The van der Waals surface area contributed by atoms with Crippen LogP contribution in [0.3, 0.4) is 0 Å². The third kappa shape index (κ3) is 10.1. The maximum absolute atomic E-state index is 12.5. The van der Waals surface area contributed by atoms with Crippen molar-refractivity contribution in [1.29, 1.82) is 0 Å². The van der Waals surface area contributed by atoms with Gasteiger partial charge in [-0.25, -0.2) is 13.6 Å². The highest BCUT2D eigenvalue weighted by atomic mass is 32.2. The van der Waals surface area contributed by atoms with Gasteiger partial charge in [0.2, 0.25) is 10.0 Å². The van der Waals surface area contributed by atoms with E-state index in [-0.39, 0.29) is 16.2 Å².